The molecule has 0 spiro atoms. The summed E-state index contributed by atoms with van der Waals surface area (Å²) in [4.78, 5) is 7.85. The summed E-state index contributed by atoms with van der Waals surface area (Å²) in [5, 5.41) is 4.60. The van der Waals surface area contributed by atoms with Gasteiger partial charge in [0.05, 0.1) is 12.6 Å². The molecule has 2 aromatic carbocycles. The number of aryl methyl sites for hydroxylation is 1. The molecule has 3 aromatic rings. The zero-order valence-electron chi connectivity index (χ0n) is 15.4. The lowest BCUT2D eigenvalue weighted by Gasteiger charge is -2.26. The molecule has 0 radical (unpaired) electrons. The lowest BCUT2D eigenvalue weighted by molar-refractivity contribution is 0.262. The molecule has 0 saturated carbocycles. The highest BCUT2D eigenvalue weighted by molar-refractivity contribution is 14.0. The number of guanidine groups is 1. The summed E-state index contributed by atoms with van der Waals surface area (Å²) >= 11 is 0. The Hall–Kier alpha value is -2.22. The molecule has 27 heavy (non-hydrogen) atoms. The van der Waals surface area contributed by atoms with Crippen molar-refractivity contribution < 1.29 is 4.74 Å². The van der Waals surface area contributed by atoms with Gasteiger partial charge in [0, 0.05) is 35.6 Å². The summed E-state index contributed by atoms with van der Waals surface area (Å²) < 4.78 is 5.69. The molecule has 0 fully saturated rings. The third-order valence-electron chi connectivity index (χ3n) is 4.87. The number of nitrogens with one attached hydrogen (secondary N) is 2. The van der Waals surface area contributed by atoms with Crippen LogP contribution in [0.5, 0.6) is 5.75 Å². The van der Waals surface area contributed by atoms with Gasteiger partial charge in [0.1, 0.15) is 5.75 Å². The third-order valence-corrected chi connectivity index (χ3v) is 4.87. The topological polar surface area (TPSA) is 75.4 Å². The van der Waals surface area contributed by atoms with Gasteiger partial charge in [-0.25, -0.2) is 0 Å². The van der Waals surface area contributed by atoms with Crippen LogP contribution in [0.2, 0.25) is 0 Å². The first-order valence-electron chi connectivity index (χ1n) is 9.05. The van der Waals surface area contributed by atoms with Crippen molar-refractivity contribution in [2.45, 2.75) is 25.8 Å². The fraction of sp³-hybridized carbons (Fsp3) is 0.286. The molecule has 0 aliphatic carbocycles. The number of rotatable bonds is 4. The summed E-state index contributed by atoms with van der Waals surface area (Å²) in [5.74, 6) is 1.42. The Labute approximate surface area is 176 Å². The Morgan fingerprint density at radius 1 is 1.30 bits per heavy atom. The molecular formula is C21H25IN4O. The van der Waals surface area contributed by atoms with Crippen molar-refractivity contribution in [2.75, 3.05) is 13.2 Å². The van der Waals surface area contributed by atoms with Gasteiger partial charge in [-0.3, -0.25) is 4.99 Å². The molecule has 6 heteroatoms. The molecule has 2 heterocycles. The zero-order valence-corrected chi connectivity index (χ0v) is 17.7. The van der Waals surface area contributed by atoms with Gasteiger partial charge in [-0.15, -0.1) is 24.0 Å². The third kappa shape index (κ3) is 4.37. The van der Waals surface area contributed by atoms with E-state index in [1.807, 2.05) is 18.2 Å². The van der Waals surface area contributed by atoms with Crippen LogP contribution in [-0.4, -0.2) is 24.1 Å². The number of ether oxygens (including phenoxy) is 1. The van der Waals surface area contributed by atoms with Crippen LogP contribution in [0.15, 0.2) is 53.7 Å². The van der Waals surface area contributed by atoms with Crippen molar-refractivity contribution >= 4 is 40.8 Å². The highest BCUT2D eigenvalue weighted by atomic mass is 127. The van der Waals surface area contributed by atoms with Crippen LogP contribution in [0.3, 0.4) is 0 Å². The van der Waals surface area contributed by atoms with Crippen molar-refractivity contribution in [3.63, 3.8) is 0 Å². The van der Waals surface area contributed by atoms with E-state index < -0.39 is 0 Å². The first kappa shape index (κ1) is 19.5. The standard InChI is InChI=1S/C21H24N4O.HI/c1-14-6-7-16-15(13-24-19(16)12-14)8-10-23-21(22)25-18-9-11-26-20-5-3-2-4-17(18)20;/h2-7,12-13,18,24H,8-11H2,1H3,(H3,22,23,25);1H. The fourth-order valence-electron chi connectivity index (χ4n) is 3.52. The first-order valence-corrected chi connectivity index (χ1v) is 9.05. The van der Waals surface area contributed by atoms with Crippen LogP contribution < -0.4 is 15.8 Å². The van der Waals surface area contributed by atoms with E-state index in [1.165, 1.54) is 22.0 Å². The van der Waals surface area contributed by atoms with Gasteiger partial charge < -0.3 is 20.8 Å². The smallest absolute Gasteiger partial charge is 0.189 e. The minimum Gasteiger partial charge on any atom is -0.493 e. The number of nitrogens with zero attached hydrogens (tertiary/aromatic N) is 1. The van der Waals surface area contributed by atoms with Gasteiger partial charge in [0.15, 0.2) is 5.96 Å². The molecule has 0 bridgehead atoms. The second-order valence-corrected chi connectivity index (χ2v) is 6.75. The van der Waals surface area contributed by atoms with E-state index in [4.69, 9.17) is 10.5 Å². The average Bonchev–Trinajstić information content (AvgIpc) is 3.04. The first-order chi connectivity index (χ1) is 12.7. The van der Waals surface area contributed by atoms with E-state index in [0.29, 0.717) is 19.1 Å². The molecule has 1 aliphatic heterocycles. The highest BCUT2D eigenvalue weighted by Crippen LogP contribution is 2.31. The Morgan fingerprint density at radius 2 is 2.15 bits per heavy atom. The number of aromatic nitrogens is 1. The number of benzene rings is 2. The molecule has 5 nitrogen and oxygen atoms in total. The Morgan fingerprint density at radius 3 is 3.04 bits per heavy atom. The number of H-pyrrole nitrogens is 1. The number of para-hydroxylation sites is 1. The number of hydrogen-bond acceptors (Lipinski definition) is 2. The fourth-order valence-corrected chi connectivity index (χ4v) is 3.52. The molecule has 142 valence electrons. The summed E-state index contributed by atoms with van der Waals surface area (Å²) in [7, 11) is 0. The predicted octanol–water partition coefficient (Wildman–Crippen LogP) is 4.06. The Kier molecular flexibility index (Phi) is 6.26. The molecule has 4 rings (SSSR count). The molecular weight excluding hydrogens is 451 g/mol. The highest BCUT2D eigenvalue weighted by Gasteiger charge is 2.21. The average molecular weight is 476 g/mol. The largest absolute Gasteiger partial charge is 0.493 e. The van der Waals surface area contributed by atoms with Gasteiger partial charge in [0.25, 0.3) is 0 Å². The van der Waals surface area contributed by atoms with E-state index >= 15 is 0 Å². The van der Waals surface area contributed by atoms with Crippen LogP contribution in [0.4, 0.5) is 0 Å². The van der Waals surface area contributed by atoms with Crippen LogP contribution in [0, 0.1) is 6.92 Å². The van der Waals surface area contributed by atoms with E-state index in [9.17, 15) is 0 Å². The maximum atomic E-state index is 6.12. The Bertz CT molecular complexity index is 950. The molecule has 1 unspecified atom stereocenters. The SMILES string of the molecule is Cc1ccc2c(CCN=C(N)NC3CCOc4ccccc43)c[nH]c2c1.I. The zero-order chi connectivity index (χ0) is 17.9. The summed E-state index contributed by atoms with van der Waals surface area (Å²) in [6, 6.07) is 14.7. The van der Waals surface area contributed by atoms with Crippen molar-refractivity contribution in [1.82, 2.24) is 10.3 Å². The van der Waals surface area contributed by atoms with Crippen molar-refractivity contribution in [2.24, 2.45) is 10.7 Å². The van der Waals surface area contributed by atoms with E-state index in [1.54, 1.807) is 0 Å². The maximum Gasteiger partial charge on any atom is 0.189 e. The summed E-state index contributed by atoms with van der Waals surface area (Å²) in [6.07, 6.45) is 3.81. The van der Waals surface area contributed by atoms with E-state index in [-0.39, 0.29) is 30.0 Å². The molecule has 1 aliphatic rings. The van der Waals surface area contributed by atoms with Gasteiger partial charge in [-0.2, -0.15) is 0 Å². The Balaban J connectivity index is 0.00000210. The van der Waals surface area contributed by atoms with Gasteiger partial charge >= 0.3 is 0 Å². The second-order valence-electron chi connectivity index (χ2n) is 6.75. The predicted molar refractivity (Wildman–Crippen MR) is 121 cm³/mol. The number of hydrogen-bond donors (Lipinski definition) is 3. The molecule has 4 N–H and O–H groups in total. The number of fused-ring (bicyclic) bond motifs is 2. The van der Waals surface area contributed by atoms with Crippen molar-refractivity contribution in [3.8, 4) is 5.75 Å². The second kappa shape index (κ2) is 8.65. The van der Waals surface area contributed by atoms with Crippen LogP contribution in [0.25, 0.3) is 10.9 Å². The number of halogens is 1. The van der Waals surface area contributed by atoms with Gasteiger partial charge in [0.2, 0.25) is 0 Å². The number of aliphatic imine (C=N–C) groups is 1. The number of nitrogens with two attached hydrogens (primary N) is 1. The van der Waals surface area contributed by atoms with Crippen molar-refractivity contribution in [1.29, 1.82) is 0 Å². The minimum absolute atomic E-state index is 0. The quantitative estimate of drug-likeness (QED) is 0.302. The summed E-state index contributed by atoms with van der Waals surface area (Å²) in [5.41, 5.74) is 11.0. The molecule has 1 aromatic heterocycles. The monoisotopic (exact) mass is 476 g/mol. The van der Waals surface area contributed by atoms with Crippen molar-refractivity contribution in [3.05, 3.63) is 65.4 Å². The minimum atomic E-state index is 0. The van der Waals surface area contributed by atoms with Crippen LogP contribution in [0.1, 0.15) is 29.2 Å². The number of aromatic amines is 1. The molecule has 1 atom stereocenters. The van der Waals surface area contributed by atoms with Crippen LogP contribution in [-0.2, 0) is 6.42 Å². The molecule has 0 amide bonds. The van der Waals surface area contributed by atoms with Gasteiger partial charge in [-0.05, 0) is 36.6 Å². The maximum absolute atomic E-state index is 6.12. The lowest BCUT2D eigenvalue weighted by atomic mass is 10.0. The van der Waals surface area contributed by atoms with Gasteiger partial charge in [-0.1, -0.05) is 30.3 Å². The molecule has 0 saturated heterocycles. The van der Waals surface area contributed by atoms with E-state index in [0.717, 1.165) is 24.2 Å². The summed E-state index contributed by atoms with van der Waals surface area (Å²) in [6.45, 7) is 3.45. The van der Waals surface area contributed by atoms with E-state index in [2.05, 4.69) is 52.7 Å². The van der Waals surface area contributed by atoms with Crippen LogP contribution >= 0.6 is 24.0 Å². The lowest BCUT2D eigenvalue weighted by Crippen LogP contribution is -2.37. The normalized spacial score (nSPS) is 16.3.